The zero-order chi connectivity index (χ0) is 10.5. The lowest BCUT2D eigenvalue weighted by molar-refractivity contribution is -0.209. The van der Waals surface area contributed by atoms with E-state index in [1.807, 2.05) is 0 Å². The second-order valence-corrected chi connectivity index (χ2v) is 4.96. The minimum Gasteiger partial charge on any atom is -0.458 e. The number of carbonyl (C=O) groups is 1. The number of carbonyl (C=O) groups excluding carboxylic acids is 1. The van der Waals surface area contributed by atoms with Crippen LogP contribution in [0.15, 0.2) is 12.2 Å². The van der Waals surface area contributed by atoms with Crippen molar-refractivity contribution in [3.05, 3.63) is 12.2 Å². The van der Waals surface area contributed by atoms with Gasteiger partial charge in [-0.15, -0.1) is 0 Å². The van der Waals surface area contributed by atoms with Gasteiger partial charge in [-0.1, -0.05) is 20.4 Å². The zero-order valence-corrected chi connectivity index (χ0v) is 9.12. The summed E-state index contributed by atoms with van der Waals surface area (Å²) in [6.07, 6.45) is 1.39. The van der Waals surface area contributed by atoms with Crippen LogP contribution in [0.5, 0.6) is 0 Å². The molecule has 0 heterocycles. The second kappa shape index (κ2) is 3.11. The Morgan fingerprint density at radius 3 is 2.50 bits per heavy atom. The third-order valence-electron chi connectivity index (χ3n) is 3.93. The smallest absolute Gasteiger partial charge is 0.333 e. The maximum absolute atomic E-state index is 11.3. The van der Waals surface area contributed by atoms with Gasteiger partial charge in [0.15, 0.2) is 0 Å². The monoisotopic (exact) mass is 194 g/mol. The topological polar surface area (TPSA) is 26.3 Å². The molecule has 2 heteroatoms. The molecule has 0 amide bonds. The van der Waals surface area contributed by atoms with Crippen LogP contribution < -0.4 is 0 Å². The first-order valence-electron chi connectivity index (χ1n) is 5.39. The molecule has 0 aromatic carbocycles. The molecule has 0 aromatic rings. The Labute approximate surface area is 85.3 Å². The molecule has 0 N–H and O–H groups in total. The molecule has 2 fully saturated rings. The molecule has 2 aliphatic rings. The van der Waals surface area contributed by atoms with E-state index < -0.39 is 0 Å². The Kier molecular flexibility index (Phi) is 2.17. The summed E-state index contributed by atoms with van der Waals surface area (Å²) >= 11 is 0. The normalized spacial score (nSPS) is 44.4. The van der Waals surface area contributed by atoms with Crippen LogP contribution >= 0.6 is 0 Å². The number of hydrogen-bond acceptors (Lipinski definition) is 2. The van der Waals surface area contributed by atoms with Crippen LogP contribution in [0.4, 0.5) is 0 Å². The standard InChI is InChI=1S/C12H18O2/c1-6(2)12(13)14-11-8(4)10-7(3)5-9(10)11/h7-11H,1,5H2,2-4H3/t7?,8?,9?,10-,11-/m0/s1. The number of ether oxygens (including phenoxy) is 1. The van der Waals surface area contributed by atoms with Crippen LogP contribution in [0.1, 0.15) is 27.2 Å². The Balaban J connectivity index is 1.90. The molecule has 0 radical (unpaired) electrons. The highest BCUT2D eigenvalue weighted by atomic mass is 16.5. The lowest BCUT2D eigenvalue weighted by atomic mass is 9.47. The fourth-order valence-electron chi connectivity index (χ4n) is 3.11. The Bertz CT molecular complexity index is 276. The summed E-state index contributed by atoms with van der Waals surface area (Å²) in [6, 6.07) is 0. The highest BCUT2D eigenvalue weighted by Gasteiger charge is 2.58. The fraction of sp³-hybridized carbons (Fsp3) is 0.750. The zero-order valence-electron chi connectivity index (χ0n) is 9.12. The molecule has 0 aliphatic heterocycles. The van der Waals surface area contributed by atoms with Crippen LogP contribution in [-0.4, -0.2) is 12.1 Å². The van der Waals surface area contributed by atoms with E-state index in [9.17, 15) is 4.79 Å². The summed E-state index contributed by atoms with van der Waals surface area (Å²) in [5, 5.41) is 0. The van der Waals surface area contributed by atoms with Gasteiger partial charge in [-0.2, -0.15) is 0 Å². The lowest BCUT2D eigenvalue weighted by Crippen LogP contribution is -2.61. The summed E-state index contributed by atoms with van der Waals surface area (Å²) in [5.41, 5.74) is 0.507. The van der Waals surface area contributed by atoms with Gasteiger partial charge in [0.1, 0.15) is 6.10 Å². The van der Waals surface area contributed by atoms with Crippen molar-refractivity contribution in [2.24, 2.45) is 23.7 Å². The van der Waals surface area contributed by atoms with E-state index >= 15 is 0 Å². The molecule has 2 rings (SSSR count). The number of esters is 1. The minimum atomic E-state index is -0.222. The van der Waals surface area contributed by atoms with Crippen LogP contribution in [0, 0.1) is 23.7 Å². The van der Waals surface area contributed by atoms with Gasteiger partial charge in [-0.3, -0.25) is 0 Å². The first-order valence-corrected chi connectivity index (χ1v) is 5.39. The van der Waals surface area contributed by atoms with Gasteiger partial charge >= 0.3 is 5.97 Å². The molecule has 14 heavy (non-hydrogen) atoms. The highest BCUT2D eigenvalue weighted by Crippen LogP contribution is 2.58. The fourth-order valence-corrected chi connectivity index (χ4v) is 3.11. The average molecular weight is 194 g/mol. The Morgan fingerprint density at radius 2 is 2.07 bits per heavy atom. The predicted octanol–water partition coefficient (Wildman–Crippen LogP) is 2.40. The lowest BCUT2D eigenvalue weighted by Gasteiger charge is -2.61. The van der Waals surface area contributed by atoms with E-state index in [4.69, 9.17) is 4.74 Å². The maximum atomic E-state index is 11.3. The van der Waals surface area contributed by atoms with E-state index in [-0.39, 0.29) is 12.1 Å². The summed E-state index contributed by atoms with van der Waals surface area (Å²) in [6.45, 7) is 9.77. The molecular formula is C12H18O2. The quantitative estimate of drug-likeness (QED) is 0.498. The van der Waals surface area contributed by atoms with Crippen LogP contribution in [0.3, 0.4) is 0 Å². The SMILES string of the molecule is C=C(C)C(=O)O[C@H]1C(C)[C@@H]2C(C)CC12. The molecule has 0 spiro atoms. The van der Waals surface area contributed by atoms with Crippen molar-refractivity contribution in [2.45, 2.75) is 33.3 Å². The van der Waals surface area contributed by atoms with Gasteiger partial charge in [0.2, 0.25) is 0 Å². The van der Waals surface area contributed by atoms with Crippen molar-refractivity contribution < 1.29 is 9.53 Å². The Morgan fingerprint density at radius 1 is 1.43 bits per heavy atom. The molecule has 0 bridgehead atoms. The van der Waals surface area contributed by atoms with Crippen LogP contribution in [0.2, 0.25) is 0 Å². The molecule has 78 valence electrons. The van der Waals surface area contributed by atoms with Gasteiger partial charge < -0.3 is 4.74 Å². The van der Waals surface area contributed by atoms with Crippen molar-refractivity contribution in [1.29, 1.82) is 0 Å². The molecule has 2 nitrogen and oxygen atoms in total. The van der Waals surface area contributed by atoms with Crippen molar-refractivity contribution in [2.75, 3.05) is 0 Å². The van der Waals surface area contributed by atoms with E-state index in [1.54, 1.807) is 6.92 Å². The van der Waals surface area contributed by atoms with E-state index in [0.29, 0.717) is 17.4 Å². The van der Waals surface area contributed by atoms with Crippen molar-refractivity contribution in [1.82, 2.24) is 0 Å². The van der Waals surface area contributed by atoms with Gasteiger partial charge in [0.25, 0.3) is 0 Å². The first-order chi connectivity index (χ1) is 6.52. The minimum absolute atomic E-state index is 0.167. The van der Waals surface area contributed by atoms with E-state index in [2.05, 4.69) is 20.4 Å². The molecule has 0 saturated heterocycles. The number of hydrogen-bond donors (Lipinski definition) is 0. The first kappa shape index (κ1) is 9.75. The average Bonchev–Trinajstić information content (AvgIpc) is 2.09. The van der Waals surface area contributed by atoms with Gasteiger partial charge in [0.05, 0.1) is 0 Å². The molecule has 0 aromatic heterocycles. The van der Waals surface area contributed by atoms with E-state index in [0.717, 1.165) is 11.8 Å². The van der Waals surface area contributed by atoms with Crippen molar-refractivity contribution in [3.8, 4) is 0 Å². The third-order valence-corrected chi connectivity index (χ3v) is 3.93. The predicted molar refractivity (Wildman–Crippen MR) is 54.6 cm³/mol. The van der Waals surface area contributed by atoms with Crippen molar-refractivity contribution in [3.63, 3.8) is 0 Å². The summed E-state index contributed by atoms with van der Waals surface area (Å²) in [4.78, 5) is 11.3. The largest absolute Gasteiger partial charge is 0.458 e. The number of rotatable bonds is 2. The van der Waals surface area contributed by atoms with Gasteiger partial charge in [-0.05, 0) is 37.0 Å². The van der Waals surface area contributed by atoms with E-state index in [1.165, 1.54) is 6.42 Å². The molecule has 5 atom stereocenters. The Hall–Kier alpha value is -0.790. The molecule has 2 aliphatic carbocycles. The van der Waals surface area contributed by atoms with Gasteiger partial charge in [-0.25, -0.2) is 4.79 Å². The van der Waals surface area contributed by atoms with Crippen molar-refractivity contribution >= 4 is 5.97 Å². The van der Waals surface area contributed by atoms with Gasteiger partial charge in [0, 0.05) is 5.57 Å². The molecule has 2 saturated carbocycles. The summed E-state index contributed by atoms with van der Waals surface area (Å²) in [5.74, 6) is 2.60. The van der Waals surface area contributed by atoms with Crippen LogP contribution in [0.25, 0.3) is 0 Å². The second-order valence-electron chi connectivity index (χ2n) is 4.96. The summed E-state index contributed by atoms with van der Waals surface area (Å²) in [7, 11) is 0. The molecule has 3 unspecified atom stereocenters. The molecular weight excluding hydrogens is 176 g/mol. The van der Waals surface area contributed by atoms with Crippen LogP contribution in [-0.2, 0) is 9.53 Å². The highest BCUT2D eigenvalue weighted by molar-refractivity contribution is 5.87. The maximum Gasteiger partial charge on any atom is 0.333 e. The number of fused-ring (bicyclic) bond motifs is 1. The third kappa shape index (κ3) is 1.20. The summed E-state index contributed by atoms with van der Waals surface area (Å²) < 4.78 is 5.40.